The minimum absolute atomic E-state index is 0.390. The fourth-order valence-corrected chi connectivity index (χ4v) is 2.55. The second-order valence-electron chi connectivity index (χ2n) is 3.41. The molecule has 1 aliphatic rings. The highest BCUT2D eigenvalue weighted by molar-refractivity contribution is 9.09. The lowest BCUT2D eigenvalue weighted by Gasteiger charge is -2.13. The summed E-state index contributed by atoms with van der Waals surface area (Å²) in [7, 11) is 0. The third kappa shape index (κ3) is 1.69. The number of hydrogen-bond acceptors (Lipinski definition) is 0. The van der Waals surface area contributed by atoms with Crippen LogP contribution in [0.5, 0.6) is 0 Å². The maximum absolute atomic E-state index is 3.68. The lowest BCUT2D eigenvalue weighted by Crippen LogP contribution is -2.05. The Kier molecular flexibility index (Phi) is 2.87. The summed E-state index contributed by atoms with van der Waals surface area (Å²) < 4.78 is 0. The summed E-state index contributed by atoms with van der Waals surface area (Å²) in [5.74, 6) is 0.457. The third-order valence-electron chi connectivity index (χ3n) is 2.49. The van der Waals surface area contributed by atoms with Gasteiger partial charge in [0.25, 0.3) is 0 Å². The Balaban J connectivity index is 2.30. The predicted octanol–water partition coefficient (Wildman–Crippen LogP) is 3.94. The first-order chi connectivity index (χ1) is 6.83. The Morgan fingerprint density at radius 3 is 3.21 bits per heavy atom. The van der Waals surface area contributed by atoms with Crippen molar-refractivity contribution in [2.75, 3.05) is 0 Å². The molecule has 0 spiro atoms. The molecule has 71 valence electrons. The summed E-state index contributed by atoms with van der Waals surface area (Å²) in [4.78, 5) is 0.390. The second kappa shape index (κ2) is 4.14. The van der Waals surface area contributed by atoms with E-state index in [1.807, 2.05) is 13.0 Å². The van der Waals surface area contributed by atoms with Crippen LogP contribution in [-0.2, 0) is 0 Å². The van der Waals surface area contributed by atoms with Gasteiger partial charge in [-0.3, -0.25) is 0 Å². The van der Waals surface area contributed by atoms with Crippen molar-refractivity contribution in [1.29, 1.82) is 0 Å². The van der Waals surface area contributed by atoms with E-state index in [0.717, 1.165) is 0 Å². The van der Waals surface area contributed by atoms with Crippen LogP contribution in [0.25, 0.3) is 6.08 Å². The summed E-state index contributed by atoms with van der Waals surface area (Å²) >= 11 is 3.68. The van der Waals surface area contributed by atoms with Gasteiger partial charge in [-0.05, 0) is 30.2 Å². The van der Waals surface area contributed by atoms with E-state index in [0.29, 0.717) is 10.7 Å². The van der Waals surface area contributed by atoms with E-state index < -0.39 is 0 Å². The van der Waals surface area contributed by atoms with Crippen LogP contribution >= 0.6 is 15.9 Å². The van der Waals surface area contributed by atoms with Gasteiger partial charge in [0.2, 0.25) is 0 Å². The molecule has 1 radical (unpaired) electrons. The monoisotopic (exact) mass is 247 g/mol. The third-order valence-corrected chi connectivity index (χ3v) is 3.37. The fraction of sp³-hybridized carbons (Fsp3) is 0.231. The van der Waals surface area contributed by atoms with E-state index in [1.54, 1.807) is 0 Å². The summed E-state index contributed by atoms with van der Waals surface area (Å²) in [5.41, 5.74) is 2.69. The van der Waals surface area contributed by atoms with Crippen molar-refractivity contribution in [3.63, 3.8) is 0 Å². The highest BCUT2D eigenvalue weighted by atomic mass is 79.9. The van der Waals surface area contributed by atoms with E-state index in [4.69, 9.17) is 0 Å². The fourth-order valence-electron chi connectivity index (χ4n) is 1.79. The first kappa shape index (κ1) is 9.72. The number of allylic oxidation sites excluding steroid dienone is 3. The number of benzene rings is 1. The van der Waals surface area contributed by atoms with Gasteiger partial charge in [-0.2, -0.15) is 0 Å². The Labute approximate surface area is 93.5 Å². The van der Waals surface area contributed by atoms with Gasteiger partial charge in [-0.15, -0.1) is 0 Å². The molecule has 0 fully saturated rings. The molecular formula is C13H12Br. The number of alkyl halides is 1. The quantitative estimate of drug-likeness (QED) is 0.549. The molecule has 1 heteroatoms. The lowest BCUT2D eigenvalue weighted by molar-refractivity contribution is 0.908. The van der Waals surface area contributed by atoms with Crippen LogP contribution in [-0.4, -0.2) is 4.83 Å². The summed E-state index contributed by atoms with van der Waals surface area (Å²) in [6.07, 6.45) is 8.69. The molecule has 1 aromatic rings. The highest BCUT2D eigenvalue weighted by Gasteiger charge is 2.21. The minimum Gasteiger partial charge on any atom is -0.0905 e. The van der Waals surface area contributed by atoms with Crippen molar-refractivity contribution in [2.45, 2.75) is 17.7 Å². The van der Waals surface area contributed by atoms with Crippen LogP contribution in [0.15, 0.2) is 36.4 Å². The van der Waals surface area contributed by atoms with E-state index >= 15 is 0 Å². The topological polar surface area (TPSA) is 0 Å². The van der Waals surface area contributed by atoms with Gasteiger partial charge in [0.15, 0.2) is 0 Å². The van der Waals surface area contributed by atoms with E-state index in [-0.39, 0.29) is 0 Å². The Hall–Kier alpha value is -0.820. The first-order valence-electron chi connectivity index (χ1n) is 4.78. The average molecular weight is 248 g/mol. The van der Waals surface area contributed by atoms with Crippen LogP contribution in [0.4, 0.5) is 0 Å². The minimum atomic E-state index is 0.390. The molecule has 0 aromatic heterocycles. The number of fused-ring (bicyclic) bond motifs is 1. The Morgan fingerprint density at radius 1 is 1.57 bits per heavy atom. The normalized spacial score (nSPS) is 21.4. The molecule has 0 saturated heterocycles. The van der Waals surface area contributed by atoms with Gasteiger partial charge in [0.05, 0.1) is 0 Å². The molecule has 2 unspecified atom stereocenters. The molecule has 1 aliphatic carbocycles. The summed E-state index contributed by atoms with van der Waals surface area (Å²) in [6, 6.07) is 9.29. The van der Waals surface area contributed by atoms with Crippen LogP contribution in [0.2, 0.25) is 0 Å². The predicted molar refractivity (Wildman–Crippen MR) is 64.6 cm³/mol. The van der Waals surface area contributed by atoms with E-state index in [1.165, 1.54) is 11.1 Å². The van der Waals surface area contributed by atoms with Crippen LogP contribution in [0.3, 0.4) is 0 Å². The van der Waals surface area contributed by atoms with Crippen molar-refractivity contribution in [3.8, 4) is 0 Å². The van der Waals surface area contributed by atoms with Crippen molar-refractivity contribution in [2.24, 2.45) is 0 Å². The zero-order chi connectivity index (χ0) is 9.97. The molecule has 0 bridgehead atoms. The molecule has 0 heterocycles. The van der Waals surface area contributed by atoms with Crippen LogP contribution < -0.4 is 0 Å². The molecule has 0 N–H and O–H groups in total. The van der Waals surface area contributed by atoms with Crippen LogP contribution in [0.1, 0.15) is 24.0 Å². The molecule has 0 saturated carbocycles. The molecule has 2 rings (SSSR count). The van der Waals surface area contributed by atoms with Crippen molar-refractivity contribution in [1.82, 2.24) is 0 Å². The number of hydrogen-bond donors (Lipinski definition) is 0. The number of rotatable bonds is 2. The Bertz CT molecular complexity index is 377. The maximum atomic E-state index is 3.68. The zero-order valence-electron chi connectivity index (χ0n) is 8.07. The van der Waals surface area contributed by atoms with Crippen molar-refractivity contribution < 1.29 is 0 Å². The maximum Gasteiger partial charge on any atom is 0.0429 e. The Morgan fingerprint density at radius 2 is 2.43 bits per heavy atom. The molecular weight excluding hydrogens is 236 g/mol. The van der Waals surface area contributed by atoms with Crippen molar-refractivity contribution >= 4 is 22.0 Å². The van der Waals surface area contributed by atoms with Gasteiger partial charge in [0.1, 0.15) is 0 Å². The standard InChI is InChI=1S/C13H12Br/c1-2-5-13(14)12-9-8-10-6-3-4-7-11(10)12/h2-3,5-9,12-13H,1H3/b5-2+. The van der Waals surface area contributed by atoms with Gasteiger partial charge in [-0.25, -0.2) is 0 Å². The molecule has 1 aromatic carbocycles. The summed E-state index contributed by atoms with van der Waals surface area (Å²) in [6.45, 7) is 2.05. The van der Waals surface area contributed by atoms with Gasteiger partial charge in [0, 0.05) is 10.7 Å². The van der Waals surface area contributed by atoms with Gasteiger partial charge in [-0.1, -0.05) is 52.4 Å². The number of halogens is 1. The molecule has 14 heavy (non-hydrogen) atoms. The zero-order valence-corrected chi connectivity index (χ0v) is 9.66. The van der Waals surface area contributed by atoms with E-state index in [9.17, 15) is 0 Å². The first-order valence-corrected chi connectivity index (χ1v) is 5.69. The molecule has 2 atom stereocenters. The molecule has 0 nitrogen and oxygen atoms in total. The smallest absolute Gasteiger partial charge is 0.0429 e. The highest BCUT2D eigenvalue weighted by Crippen LogP contribution is 2.35. The van der Waals surface area contributed by atoms with Crippen molar-refractivity contribution in [3.05, 3.63) is 53.6 Å². The average Bonchev–Trinajstić information content (AvgIpc) is 2.61. The lowest BCUT2D eigenvalue weighted by atomic mass is 9.97. The molecule has 0 amide bonds. The SMILES string of the molecule is C/C=C/C(Br)C1C=Cc2cc[c]cc21. The largest absolute Gasteiger partial charge is 0.0905 e. The van der Waals surface area contributed by atoms with Crippen LogP contribution in [0, 0.1) is 6.07 Å². The molecule has 0 aliphatic heterocycles. The van der Waals surface area contributed by atoms with Gasteiger partial charge < -0.3 is 0 Å². The van der Waals surface area contributed by atoms with E-state index in [2.05, 4.69) is 58.4 Å². The summed E-state index contributed by atoms with van der Waals surface area (Å²) in [5, 5.41) is 0. The second-order valence-corrected chi connectivity index (χ2v) is 4.47. The van der Waals surface area contributed by atoms with Gasteiger partial charge >= 0.3 is 0 Å².